The monoisotopic (exact) mass is 756 g/mol. The number of carbonyl (C=O) groups excluding carboxylic acids is 4. The van der Waals surface area contributed by atoms with E-state index in [4.69, 9.17) is 23.7 Å². The number of nitrogens with zero attached hydrogens (tertiary/aromatic N) is 4. The van der Waals surface area contributed by atoms with E-state index < -0.39 is 77.6 Å². The van der Waals surface area contributed by atoms with Crippen molar-refractivity contribution in [2.75, 3.05) is 18.5 Å². The van der Waals surface area contributed by atoms with Crippen LogP contribution in [-0.4, -0.2) is 92.4 Å². The summed E-state index contributed by atoms with van der Waals surface area (Å²) in [5, 5.41) is 32.3. The first-order valence-electron chi connectivity index (χ1n) is 18.8. The minimum Gasteiger partial charge on any atom is -0.463 e. The molecule has 2 aromatic rings. The Kier molecular flexibility index (Phi) is 14.0. The van der Waals surface area contributed by atoms with Gasteiger partial charge in [-0.25, -0.2) is 19.1 Å². The molecule has 4 rings (SSSR count). The van der Waals surface area contributed by atoms with E-state index in [0.717, 1.165) is 44.9 Å². The average molecular weight is 757 g/mol. The van der Waals surface area contributed by atoms with Crippen molar-refractivity contribution in [1.29, 1.82) is 5.26 Å². The van der Waals surface area contributed by atoms with Gasteiger partial charge in [0, 0.05) is 13.0 Å². The number of ether oxygens (including phenoxy) is 5. The molecule has 298 valence electrons. The summed E-state index contributed by atoms with van der Waals surface area (Å²) in [7, 11) is 0. The van der Waals surface area contributed by atoms with Crippen LogP contribution < -0.4 is 10.6 Å². The number of amides is 2. The quantitative estimate of drug-likeness (QED) is 0.128. The molecule has 2 fully saturated rings. The van der Waals surface area contributed by atoms with Gasteiger partial charge in [-0.05, 0) is 77.8 Å². The van der Waals surface area contributed by atoms with Crippen molar-refractivity contribution in [3.8, 4) is 6.07 Å². The van der Waals surface area contributed by atoms with Crippen molar-refractivity contribution in [1.82, 2.24) is 19.9 Å². The molecular formula is C38H56N6O10. The minimum atomic E-state index is -2.21. The third-order valence-corrected chi connectivity index (χ3v) is 9.60. The van der Waals surface area contributed by atoms with Crippen molar-refractivity contribution in [2.24, 2.45) is 11.8 Å². The highest BCUT2D eigenvalue weighted by molar-refractivity contribution is 5.98. The summed E-state index contributed by atoms with van der Waals surface area (Å²) in [6, 6.07) is 3.87. The summed E-state index contributed by atoms with van der Waals surface area (Å²) in [6.07, 6.45) is 2.57. The normalized spacial score (nSPS) is 22.7. The highest BCUT2D eigenvalue weighted by Gasteiger charge is 2.60. The lowest BCUT2D eigenvalue weighted by Gasteiger charge is -2.28. The van der Waals surface area contributed by atoms with E-state index in [1.54, 1.807) is 54.5 Å². The number of carbonyl (C=O) groups is 4. The smallest absolute Gasteiger partial charge is 0.408 e. The van der Waals surface area contributed by atoms with Crippen LogP contribution in [-0.2, 0) is 43.7 Å². The topological polar surface area (TPSA) is 213 Å². The number of hydrogen-bond acceptors (Lipinski definition) is 13. The zero-order valence-electron chi connectivity index (χ0n) is 32.7. The van der Waals surface area contributed by atoms with E-state index in [0.29, 0.717) is 6.61 Å². The summed E-state index contributed by atoms with van der Waals surface area (Å²) >= 11 is 0. The van der Waals surface area contributed by atoms with Gasteiger partial charge in [-0.3, -0.25) is 9.59 Å². The highest BCUT2D eigenvalue weighted by Crippen LogP contribution is 2.42. The number of hydrogen-bond donors (Lipinski definition) is 3. The van der Waals surface area contributed by atoms with Crippen LogP contribution >= 0.6 is 0 Å². The second-order valence-electron chi connectivity index (χ2n) is 15.9. The van der Waals surface area contributed by atoms with Crippen LogP contribution in [0.5, 0.6) is 0 Å². The molecule has 1 aliphatic carbocycles. The number of rotatable bonds is 15. The third kappa shape index (κ3) is 10.2. The molecule has 0 spiro atoms. The van der Waals surface area contributed by atoms with Gasteiger partial charge in [0.2, 0.25) is 5.60 Å². The number of alkyl carbamates (subject to hydrolysis) is 1. The molecule has 3 N–H and O–H groups in total. The second-order valence-corrected chi connectivity index (χ2v) is 15.9. The zero-order valence-corrected chi connectivity index (χ0v) is 32.7. The van der Waals surface area contributed by atoms with E-state index in [9.17, 15) is 29.5 Å². The lowest BCUT2D eigenvalue weighted by atomic mass is 9.87. The van der Waals surface area contributed by atoms with Crippen LogP contribution in [0, 0.1) is 23.2 Å². The van der Waals surface area contributed by atoms with Gasteiger partial charge in [0.1, 0.15) is 54.0 Å². The maximum atomic E-state index is 13.7. The molecule has 1 saturated heterocycles. The van der Waals surface area contributed by atoms with Crippen LogP contribution in [0.15, 0.2) is 18.5 Å². The first-order valence-corrected chi connectivity index (χ1v) is 18.8. The predicted octanol–water partition coefficient (Wildman–Crippen LogP) is 4.72. The van der Waals surface area contributed by atoms with Gasteiger partial charge in [-0.1, -0.05) is 46.5 Å². The first kappa shape index (κ1) is 42.4. The third-order valence-electron chi connectivity index (χ3n) is 9.60. The fourth-order valence-corrected chi connectivity index (χ4v) is 6.55. The maximum Gasteiger partial charge on any atom is 0.408 e. The molecule has 0 radical (unpaired) electrons. The fourth-order valence-electron chi connectivity index (χ4n) is 6.55. The number of aliphatic hydroxyl groups excluding tert-OH is 1. The Morgan fingerprint density at radius 1 is 1.13 bits per heavy atom. The molecule has 5 atom stereocenters. The molecule has 0 aromatic carbocycles. The first-order chi connectivity index (χ1) is 25.4. The number of fused-ring (bicyclic) bond motifs is 1. The van der Waals surface area contributed by atoms with Crippen LogP contribution in [0.1, 0.15) is 112 Å². The number of unbranched alkanes of at least 4 members (excludes halogenated alkanes) is 1. The van der Waals surface area contributed by atoms with E-state index in [1.165, 1.54) is 16.9 Å². The van der Waals surface area contributed by atoms with Crippen molar-refractivity contribution in [3.63, 3.8) is 0 Å². The number of aromatic nitrogens is 3. The van der Waals surface area contributed by atoms with Crippen LogP contribution in [0.4, 0.5) is 10.6 Å². The largest absolute Gasteiger partial charge is 0.463 e. The van der Waals surface area contributed by atoms with Gasteiger partial charge in [0.05, 0.1) is 5.69 Å². The standard InChI is InChI=1S/C38H56N6O10/c1-9-10-18-51-37(7,8)34(48)43-32-25-16-17-27(44(25)41-22-40-32)38(21-39)31(46)30(26(53-38)20-50-28(45)19-24-14-12-11-13-15-24)52-33(47)29(23(2)3)42-35(49)54-36(4,5)6/h16-17,22-24,26,29-31,46H,9-15,18-20H2,1-8H3,(H,42,49)(H,40,41,43,48)/t26-,29-,30-,31-,38+/m1/s1. The van der Waals surface area contributed by atoms with Crippen LogP contribution in [0.2, 0.25) is 0 Å². The van der Waals surface area contributed by atoms with Gasteiger partial charge >= 0.3 is 18.0 Å². The molecule has 2 aromatic heterocycles. The molecule has 1 aliphatic heterocycles. The second kappa shape index (κ2) is 17.9. The predicted molar refractivity (Wildman–Crippen MR) is 195 cm³/mol. The van der Waals surface area contributed by atoms with Crippen molar-refractivity contribution in [2.45, 2.75) is 148 Å². The van der Waals surface area contributed by atoms with E-state index in [1.807, 2.05) is 13.0 Å². The summed E-state index contributed by atoms with van der Waals surface area (Å²) < 4.78 is 30.2. The van der Waals surface area contributed by atoms with E-state index in [-0.39, 0.29) is 29.4 Å². The van der Waals surface area contributed by atoms with Crippen LogP contribution in [0.25, 0.3) is 5.52 Å². The SMILES string of the molecule is CCCCOC(C)(C)C(=O)Nc1ncnn2c([C@]3(C#N)O[C@H](COC(=O)CC4CCCCC4)[C@@H](OC(=O)[C@H](NC(=O)OC(C)(C)C)C(C)C)[C@H]3O)ccc12. The average Bonchev–Trinajstić information content (AvgIpc) is 3.65. The molecule has 2 amide bonds. The Morgan fingerprint density at radius 3 is 2.46 bits per heavy atom. The summed E-state index contributed by atoms with van der Waals surface area (Å²) in [5.74, 6) is -2.04. The van der Waals surface area contributed by atoms with Gasteiger partial charge < -0.3 is 39.4 Å². The Balaban J connectivity index is 1.64. The van der Waals surface area contributed by atoms with Crippen molar-refractivity contribution in [3.05, 3.63) is 24.2 Å². The lowest BCUT2D eigenvalue weighted by Crippen LogP contribution is -2.50. The van der Waals surface area contributed by atoms with Gasteiger partial charge in [-0.15, -0.1) is 0 Å². The fraction of sp³-hybridized carbons (Fsp3) is 0.711. The molecule has 16 nitrogen and oxygen atoms in total. The van der Waals surface area contributed by atoms with Crippen molar-refractivity contribution >= 4 is 35.3 Å². The Labute approximate surface area is 316 Å². The zero-order chi connectivity index (χ0) is 39.8. The molecule has 1 saturated carbocycles. The van der Waals surface area contributed by atoms with Gasteiger partial charge in [-0.2, -0.15) is 10.4 Å². The molecule has 2 aliphatic rings. The Bertz CT molecular complexity index is 1670. The number of anilines is 1. The number of nitrogens with one attached hydrogen (secondary N) is 2. The Hall–Kier alpha value is -4.33. The summed E-state index contributed by atoms with van der Waals surface area (Å²) in [4.78, 5) is 56.8. The molecule has 16 heteroatoms. The summed E-state index contributed by atoms with van der Waals surface area (Å²) in [5.41, 5.74) is -3.92. The molecule has 0 unspecified atom stereocenters. The number of nitriles is 1. The van der Waals surface area contributed by atoms with Crippen LogP contribution in [0.3, 0.4) is 0 Å². The van der Waals surface area contributed by atoms with Gasteiger partial charge in [0.15, 0.2) is 11.9 Å². The number of esters is 2. The molecule has 0 bridgehead atoms. The molecule has 3 heterocycles. The maximum absolute atomic E-state index is 13.7. The molecule has 54 heavy (non-hydrogen) atoms. The minimum absolute atomic E-state index is 0.0354. The highest BCUT2D eigenvalue weighted by atomic mass is 16.6. The summed E-state index contributed by atoms with van der Waals surface area (Å²) in [6.45, 7) is 13.7. The van der Waals surface area contributed by atoms with Gasteiger partial charge in [0.25, 0.3) is 5.91 Å². The Morgan fingerprint density at radius 2 is 1.83 bits per heavy atom. The lowest BCUT2D eigenvalue weighted by molar-refractivity contribution is -0.163. The van der Waals surface area contributed by atoms with E-state index in [2.05, 4.69) is 20.7 Å². The number of aliphatic hydroxyl groups is 1. The van der Waals surface area contributed by atoms with Crippen molar-refractivity contribution < 1.29 is 48.0 Å². The molecular weight excluding hydrogens is 700 g/mol. The van der Waals surface area contributed by atoms with E-state index >= 15 is 0 Å².